The third kappa shape index (κ3) is 36.2. The summed E-state index contributed by atoms with van der Waals surface area (Å²) in [7, 11) is -5.13. The van der Waals surface area contributed by atoms with Crippen LogP contribution < -0.4 is 0 Å². The SMILES string of the molecule is CC/C=C\C/C=C\C/C=C\C/C=C\CCCCCCC(=O)OC(COC(=O)CCCCCCCCCCCCC/C=C\CCCCCCCCCC)COP(=O)(O)OC1C(O)C(O)C(O)C(O)C1O. The summed E-state index contributed by atoms with van der Waals surface area (Å²) in [5, 5.41) is 50.3. The van der Waals surface area contributed by atoms with Crippen molar-refractivity contribution in [2.24, 2.45) is 0 Å². The lowest BCUT2D eigenvalue weighted by molar-refractivity contribution is -0.220. The van der Waals surface area contributed by atoms with E-state index in [4.69, 9.17) is 18.5 Å². The van der Waals surface area contributed by atoms with Crippen LogP contribution in [0.25, 0.3) is 0 Å². The van der Waals surface area contributed by atoms with Gasteiger partial charge >= 0.3 is 19.8 Å². The number of hydrogen-bond acceptors (Lipinski definition) is 12. The Kier molecular flexibility index (Phi) is 41.4. The Morgan fingerprint density at radius 2 is 0.826 bits per heavy atom. The second kappa shape index (κ2) is 44.3. The zero-order valence-electron chi connectivity index (χ0n) is 42.8. The molecule has 1 rings (SSSR count). The first-order valence-electron chi connectivity index (χ1n) is 27.1. The fourth-order valence-electron chi connectivity index (χ4n) is 8.04. The highest BCUT2D eigenvalue weighted by Gasteiger charge is 2.51. The standard InChI is InChI=1S/C55H97O13P/c1-3-5-7-9-11-13-15-17-19-21-22-23-24-25-26-28-29-31-33-35-37-39-41-43-48(56)65-45-47(46-66-69(63,64)68-55-53(61)51(59)50(58)52(60)54(55)62)67-49(57)44-42-40-38-36-34-32-30-27-20-18-16-14-12-10-8-6-4-2/h6,8,12,14,18,20-22,30,32,47,50-55,58-62H,3-5,7,9-11,13,15-17,19,23-29,31,33-46H2,1-2H3,(H,63,64)/b8-6-,14-12-,20-18-,22-21-,32-30-. The highest BCUT2D eigenvalue weighted by molar-refractivity contribution is 7.47. The third-order valence-corrected chi connectivity index (χ3v) is 13.3. The minimum Gasteiger partial charge on any atom is -0.462 e. The van der Waals surface area contributed by atoms with Crippen LogP contribution in [-0.4, -0.2) is 98.3 Å². The number of phosphoric acid groups is 1. The molecule has 0 aromatic heterocycles. The Morgan fingerprint density at radius 3 is 1.28 bits per heavy atom. The normalized spacial score (nSPS) is 21.3. The number of carbonyl (C=O) groups excluding carboxylic acids is 2. The lowest BCUT2D eigenvalue weighted by Crippen LogP contribution is -2.64. The Bertz CT molecular complexity index is 1430. The van der Waals surface area contributed by atoms with Crippen LogP contribution in [0.4, 0.5) is 0 Å². The average Bonchev–Trinajstić information content (AvgIpc) is 3.33. The van der Waals surface area contributed by atoms with Gasteiger partial charge < -0.3 is 39.9 Å². The van der Waals surface area contributed by atoms with Crippen LogP contribution in [0.3, 0.4) is 0 Å². The molecule has 69 heavy (non-hydrogen) atoms. The Balaban J connectivity index is 2.37. The van der Waals surface area contributed by atoms with Gasteiger partial charge in [-0.3, -0.25) is 18.6 Å². The molecule has 0 heterocycles. The van der Waals surface area contributed by atoms with Gasteiger partial charge in [-0.05, 0) is 77.0 Å². The Hall–Kier alpha value is -2.45. The number of carbonyl (C=O) groups is 2. The van der Waals surface area contributed by atoms with E-state index in [0.717, 1.165) is 70.6 Å². The zero-order valence-corrected chi connectivity index (χ0v) is 43.7. The molecule has 6 atom stereocenters. The quantitative estimate of drug-likeness (QED) is 0.0145. The molecule has 0 radical (unpaired) electrons. The molecule has 400 valence electrons. The summed E-state index contributed by atoms with van der Waals surface area (Å²) in [6, 6.07) is 0. The van der Waals surface area contributed by atoms with Gasteiger partial charge in [-0.2, -0.15) is 0 Å². The van der Waals surface area contributed by atoms with Crippen molar-refractivity contribution in [2.75, 3.05) is 13.2 Å². The van der Waals surface area contributed by atoms with Crippen LogP contribution in [0.1, 0.15) is 219 Å². The first-order chi connectivity index (χ1) is 33.4. The predicted molar refractivity (Wildman–Crippen MR) is 276 cm³/mol. The van der Waals surface area contributed by atoms with Crippen molar-refractivity contribution >= 4 is 19.8 Å². The molecule has 13 nitrogen and oxygen atoms in total. The molecule has 1 fully saturated rings. The van der Waals surface area contributed by atoms with E-state index >= 15 is 0 Å². The lowest BCUT2D eigenvalue weighted by atomic mass is 9.85. The zero-order chi connectivity index (χ0) is 50.6. The third-order valence-electron chi connectivity index (χ3n) is 12.3. The summed E-state index contributed by atoms with van der Waals surface area (Å²) in [5.74, 6) is -1.13. The maximum Gasteiger partial charge on any atom is 0.472 e. The fourth-order valence-corrected chi connectivity index (χ4v) is 9.01. The molecule has 1 aliphatic rings. The number of hydrogen-bond donors (Lipinski definition) is 6. The van der Waals surface area contributed by atoms with Crippen LogP contribution in [0.15, 0.2) is 60.8 Å². The summed E-state index contributed by atoms with van der Waals surface area (Å²) >= 11 is 0. The molecule has 0 aliphatic heterocycles. The second-order valence-electron chi connectivity index (χ2n) is 18.7. The lowest BCUT2D eigenvalue weighted by Gasteiger charge is -2.41. The number of ether oxygens (including phenoxy) is 2. The van der Waals surface area contributed by atoms with E-state index in [2.05, 4.69) is 74.6 Å². The van der Waals surface area contributed by atoms with E-state index in [1.165, 1.54) is 109 Å². The van der Waals surface area contributed by atoms with Gasteiger partial charge in [0.15, 0.2) is 6.10 Å². The summed E-state index contributed by atoms with van der Waals surface area (Å²) in [4.78, 5) is 35.9. The largest absolute Gasteiger partial charge is 0.472 e. The van der Waals surface area contributed by atoms with Crippen molar-refractivity contribution in [1.82, 2.24) is 0 Å². The molecule has 14 heteroatoms. The van der Waals surface area contributed by atoms with Crippen LogP contribution in [0, 0.1) is 0 Å². The van der Waals surface area contributed by atoms with E-state index in [1.807, 2.05) is 0 Å². The topological polar surface area (TPSA) is 210 Å². The van der Waals surface area contributed by atoms with Crippen LogP contribution in [0.5, 0.6) is 0 Å². The number of rotatable bonds is 45. The van der Waals surface area contributed by atoms with Gasteiger partial charge in [0.1, 0.15) is 43.2 Å². The minimum absolute atomic E-state index is 0.0671. The molecule has 6 N–H and O–H groups in total. The molecule has 0 saturated heterocycles. The van der Waals surface area contributed by atoms with E-state index in [9.17, 15) is 44.6 Å². The first kappa shape index (κ1) is 64.6. The van der Waals surface area contributed by atoms with Gasteiger partial charge in [0, 0.05) is 12.8 Å². The van der Waals surface area contributed by atoms with Gasteiger partial charge in [0.25, 0.3) is 0 Å². The molecule has 1 saturated carbocycles. The highest BCUT2D eigenvalue weighted by atomic mass is 31.2. The summed E-state index contributed by atoms with van der Waals surface area (Å²) < 4.78 is 33.7. The van der Waals surface area contributed by atoms with E-state index < -0.39 is 75.7 Å². The predicted octanol–water partition coefficient (Wildman–Crippen LogP) is 12.1. The van der Waals surface area contributed by atoms with Crippen LogP contribution in [-0.2, 0) is 32.7 Å². The first-order valence-corrected chi connectivity index (χ1v) is 28.6. The van der Waals surface area contributed by atoms with Crippen LogP contribution in [0.2, 0.25) is 0 Å². The maximum atomic E-state index is 12.9. The number of esters is 2. The Labute approximate surface area is 417 Å². The summed E-state index contributed by atoms with van der Waals surface area (Å²) in [6.45, 7) is 3.19. The van der Waals surface area contributed by atoms with Gasteiger partial charge in [-0.15, -0.1) is 0 Å². The molecule has 6 unspecified atom stereocenters. The smallest absolute Gasteiger partial charge is 0.462 e. The van der Waals surface area contributed by atoms with Gasteiger partial charge in [0.2, 0.25) is 0 Å². The monoisotopic (exact) mass is 997 g/mol. The number of aliphatic hydroxyl groups is 5. The van der Waals surface area contributed by atoms with Gasteiger partial charge in [-0.25, -0.2) is 4.57 Å². The molecule has 0 amide bonds. The highest BCUT2D eigenvalue weighted by Crippen LogP contribution is 2.47. The number of phosphoric ester groups is 1. The molecule has 0 bridgehead atoms. The number of aliphatic hydroxyl groups excluding tert-OH is 5. The molecular formula is C55H97O13P. The van der Waals surface area contributed by atoms with Crippen molar-refractivity contribution in [3.8, 4) is 0 Å². The molecular weight excluding hydrogens is 900 g/mol. The van der Waals surface area contributed by atoms with Crippen molar-refractivity contribution in [2.45, 2.75) is 262 Å². The van der Waals surface area contributed by atoms with Crippen molar-refractivity contribution in [3.63, 3.8) is 0 Å². The molecule has 0 spiro atoms. The number of unbranched alkanes of at least 4 members (excludes halogenated alkanes) is 23. The van der Waals surface area contributed by atoms with Crippen LogP contribution >= 0.6 is 7.82 Å². The second-order valence-corrected chi connectivity index (χ2v) is 20.1. The van der Waals surface area contributed by atoms with Crippen molar-refractivity contribution in [3.05, 3.63) is 60.8 Å². The Morgan fingerprint density at radius 1 is 0.464 bits per heavy atom. The maximum absolute atomic E-state index is 12.9. The molecule has 0 aromatic carbocycles. The summed E-state index contributed by atoms with van der Waals surface area (Å²) in [6.07, 6.45) is 42.7. The van der Waals surface area contributed by atoms with E-state index in [0.29, 0.717) is 12.8 Å². The van der Waals surface area contributed by atoms with Crippen molar-refractivity contribution in [1.29, 1.82) is 0 Å². The van der Waals surface area contributed by atoms with E-state index in [-0.39, 0.29) is 12.8 Å². The minimum atomic E-state index is -5.13. The van der Waals surface area contributed by atoms with E-state index in [1.54, 1.807) is 0 Å². The van der Waals surface area contributed by atoms with Gasteiger partial charge in [0.05, 0.1) is 6.61 Å². The average molecular weight is 997 g/mol. The van der Waals surface area contributed by atoms with Crippen molar-refractivity contribution < 1.29 is 63.1 Å². The fraction of sp³-hybridized carbons (Fsp3) is 0.782. The molecule has 1 aliphatic carbocycles. The summed E-state index contributed by atoms with van der Waals surface area (Å²) in [5.41, 5.74) is 0. The number of allylic oxidation sites excluding steroid dienone is 10. The van der Waals surface area contributed by atoms with Gasteiger partial charge in [-0.1, -0.05) is 190 Å². The molecule has 0 aromatic rings.